The van der Waals surface area contributed by atoms with Crippen molar-refractivity contribution in [2.24, 2.45) is 17.6 Å². The maximum absolute atomic E-state index is 12.2. The van der Waals surface area contributed by atoms with Gasteiger partial charge in [-0.3, -0.25) is 4.79 Å². The number of carbonyl (C=O) groups is 2. The Labute approximate surface area is 141 Å². The molecule has 0 radical (unpaired) electrons. The van der Waals surface area contributed by atoms with E-state index in [1.807, 2.05) is 48.5 Å². The highest BCUT2D eigenvalue weighted by molar-refractivity contribution is 5.87. The van der Waals surface area contributed by atoms with Crippen LogP contribution in [0, 0.1) is 11.8 Å². The lowest BCUT2D eigenvalue weighted by atomic mass is 10.0. The van der Waals surface area contributed by atoms with Crippen molar-refractivity contribution in [2.75, 3.05) is 0 Å². The number of nitrogens with two attached hydrogens (primary N) is 1. The second-order valence-corrected chi connectivity index (χ2v) is 7.46. The molecule has 0 saturated carbocycles. The summed E-state index contributed by atoms with van der Waals surface area (Å²) >= 11 is 0. The Morgan fingerprint density at radius 1 is 1.05 bits per heavy atom. The molecule has 22 heavy (non-hydrogen) atoms. The van der Waals surface area contributed by atoms with Crippen LogP contribution in [0.2, 0.25) is 0 Å². The zero-order valence-electron chi connectivity index (χ0n) is 14.9. The van der Waals surface area contributed by atoms with Crippen molar-refractivity contribution in [1.82, 2.24) is 5.32 Å². The summed E-state index contributed by atoms with van der Waals surface area (Å²) in [6.45, 7) is 13.4. The first kappa shape index (κ1) is 23.5. The van der Waals surface area contributed by atoms with Gasteiger partial charge in [0.05, 0.1) is 6.04 Å². The maximum atomic E-state index is 12.2. The molecule has 0 fully saturated rings. The number of halogens is 1. The van der Waals surface area contributed by atoms with E-state index in [0.717, 1.165) is 0 Å². The van der Waals surface area contributed by atoms with E-state index in [-0.39, 0.29) is 24.2 Å². The molecule has 1 amide bonds. The zero-order valence-corrected chi connectivity index (χ0v) is 15.8. The number of carbonyl (C=O) groups excluding carboxylic acids is 2. The van der Waals surface area contributed by atoms with E-state index in [9.17, 15) is 9.59 Å². The van der Waals surface area contributed by atoms with Crippen LogP contribution in [0.15, 0.2) is 0 Å². The number of hydrogen-bond acceptors (Lipinski definition) is 4. The fourth-order valence-corrected chi connectivity index (χ4v) is 1.95. The van der Waals surface area contributed by atoms with E-state index in [4.69, 9.17) is 10.5 Å². The molecule has 5 nitrogen and oxygen atoms in total. The lowest BCUT2D eigenvalue weighted by molar-refractivity contribution is -0.159. The molecule has 0 aliphatic rings. The van der Waals surface area contributed by atoms with Gasteiger partial charge in [0.25, 0.3) is 0 Å². The second kappa shape index (κ2) is 10.1. The van der Waals surface area contributed by atoms with E-state index >= 15 is 0 Å². The number of rotatable bonds is 7. The van der Waals surface area contributed by atoms with Crippen LogP contribution in [0.25, 0.3) is 0 Å². The predicted octanol–water partition coefficient (Wildman–Crippen LogP) is 2.65. The van der Waals surface area contributed by atoms with Crippen LogP contribution in [0.5, 0.6) is 0 Å². The van der Waals surface area contributed by atoms with Gasteiger partial charge in [-0.05, 0) is 45.4 Å². The van der Waals surface area contributed by atoms with Crippen LogP contribution in [0.1, 0.15) is 61.3 Å². The fourth-order valence-electron chi connectivity index (χ4n) is 1.95. The van der Waals surface area contributed by atoms with Crippen LogP contribution in [0.3, 0.4) is 0 Å². The normalized spacial score (nSPS) is 14.3. The number of nitrogens with one attached hydrogen (secondary N) is 1. The summed E-state index contributed by atoms with van der Waals surface area (Å²) in [5.74, 6) is -0.0959. The average Bonchev–Trinajstić information content (AvgIpc) is 2.23. The van der Waals surface area contributed by atoms with E-state index in [2.05, 4.69) is 5.32 Å². The average molecular weight is 337 g/mol. The van der Waals surface area contributed by atoms with Crippen molar-refractivity contribution in [3.63, 3.8) is 0 Å². The molecule has 0 aromatic heterocycles. The summed E-state index contributed by atoms with van der Waals surface area (Å²) in [7, 11) is 0. The van der Waals surface area contributed by atoms with Gasteiger partial charge in [0.15, 0.2) is 0 Å². The van der Waals surface area contributed by atoms with Gasteiger partial charge in [0.1, 0.15) is 11.6 Å². The molecular weight excluding hydrogens is 304 g/mol. The van der Waals surface area contributed by atoms with Gasteiger partial charge >= 0.3 is 5.97 Å². The lowest BCUT2D eigenvalue weighted by Crippen LogP contribution is -2.50. The van der Waals surface area contributed by atoms with Crippen LogP contribution in [0.4, 0.5) is 0 Å². The molecule has 0 rings (SSSR count). The Hall–Kier alpha value is -0.810. The highest BCUT2D eigenvalue weighted by Gasteiger charge is 2.28. The topological polar surface area (TPSA) is 81.4 Å². The molecule has 0 aromatic rings. The highest BCUT2D eigenvalue weighted by atomic mass is 35.5. The van der Waals surface area contributed by atoms with Crippen molar-refractivity contribution in [2.45, 2.75) is 79.0 Å². The first-order valence-electron chi connectivity index (χ1n) is 7.71. The Bertz CT molecular complexity index is 352. The van der Waals surface area contributed by atoms with Gasteiger partial charge in [-0.25, -0.2) is 4.79 Å². The molecule has 0 spiro atoms. The minimum atomic E-state index is -0.644. The van der Waals surface area contributed by atoms with E-state index in [0.29, 0.717) is 18.8 Å². The fraction of sp³-hybridized carbons (Fsp3) is 0.875. The number of hydrogen-bond donors (Lipinski definition) is 2. The van der Waals surface area contributed by atoms with Crippen molar-refractivity contribution >= 4 is 24.3 Å². The summed E-state index contributed by atoms with van der Waals surface area (Å²) in [5, 5.41) is 2.74. The van der Waals surface area contributed by atoms with E-state index in [1.54, 1.807) is 0 Å². The molecule has 132 valence electrons. The van der Waals surface area contributed by atoms with Crippen molar-refractivity contribution in [3.05, 3.63) is 0 Å². The van der Waals surface area contributed by atoms with E-state index < -0.39 is 23.7 Å². The van der Waals surface area contributed by atoms with Gasteiger partial charge in [0.2, 0.25) is 5.91 Å². The lowest BCUT2D eigenvalue weighted by Gasteiger charge is -2.26. The quantitative estimate of drug-likeness (QED) is 0.700. The second-order valence-electron chi connectivity index (χ2n) is 7.46. The molecule has 2 atom stereocenters. The Morgan fingerprint density at radius 3 is 1.86 bits per heavy atom. The smallest absolute Gasteiger partial charge is 0.329 e. The predicted molar refractivity (Wildman–Crippen MR) is 91.9 cm³/mol. The molecule has 0 aliphatic carbocycles. The minimum absolute atomic E-state index is 0. The number of ether oxygens (including phenoxy) is 1. The van der Waals surface area contributed by atoms with Gasteiger partial charge < -0.3 is 15.8 Å². The number of amides is 1. The Balaban J connectivity index is 0. The van der Waals surface area contributed by atoms with Crippen LogP contribution in [-0.4, -0.2) is 29.6 Å². The van der Waals surface area contributed by atoms with Gasteiger partial charge in [0, 0.05) is 0 Å². The zero-order chi connectivity index (χ0) is 16.8. The molecule has 0 bridgehead atoms. The molecule has 2 unspecified atom stereocenters. The monoisotopic (exact) mass is 336 g/mol. The molecule has 0 saturated heterocycles. The Kier molecular flexibility index (Phi) is 10.7. The SMILES string of the molecule is CC(C)CC(N)C(=O)NC(CC(C)C)C(=O)OC(C)(C)C.Cl. The van der Waals surface area contributed by atoms with Gasteiger partial charge in [-0.15, -0.1) is 12.4 Å². The summed E-state index contributed by atoms with van der Waals surface area (Å²) in [6.07, 6.45) is 1.13. The first-order valence-corrected chi connectivity index (χ1v) is 7.71. The summed E-state index contributed by atoms with van der Waals surface area (Å²) in [4.78, 5) is 24.3. The first-order chi connectivity index (χ1) is 9.42. The van der Waals surface area contributed by atoms with Crippen LogP contribution < -0.4 is 11.1 Å². The molecule has 6 heteroatoms. The third kappa shape index (κ3) is 10.9. The number of esters is 1. The third-order valence-electron chi connectivity index (χ3n) is 2.78. The third-order valence-corrected chi connectivity index (χ3v) is 2.78. The van der Waals surface area contributed by atoms with Gasteiger partial charge in [-0.2, -0.15) is 0 Å². The molecule has 0 heterocycles. The van der Waals surface area contributed by atoms with E-state index in [1.165, 1.54) is 0 Å². The summed E-state index contributed by atoms with van der Waals surface area (Å²) < 4.78 is 5.37. The summed E-state index contributed by atoms with van der Waals surface area (Å²) in [5.41, 5.74) is 5.29. The van der Waals surface area contributed by atoms with Crippen molar-refractivity contribution in [3.8, 4) is 0 Å². The summed E-state index contributed by atoms with van der Waals surface area (Å²) in [6, 6.07) is -1.24. The molecular formula is C16H33ClN2O3. The minimum Gasteiger partial charge on any atom is -0.458 e. The Morgan fingerprint density at radius 2 is 1.50 bits per heavy atom. The van der Waals surface area contributed by atoms with Crippen LogP contribution >= 0.6 is 12.4 Å². The molecule has 0 aliphatic heterocycles. The van der Waals surface area contributed by atoms with Crippen molar-refractivity contribution in [1.29, 1.82) is 0 Å². The molecule has 0 aromatic carbocycles. The molecule has 3 N–H and O–H groups in total. The highest BCUT2D eigenvalue weighted by Crippen LogP contribution is 2.13. The van der Waals surface area contributed by atoms with Gasteiger partial charge in [-0.1, -0.05) is 27.7 Å². The van der Waals surface area contributed by atoms with Crippen LogP contribution in [-0.2, 0) is 14.3 Å². The largest absolute Gasteiger partial charge is 0.458 e. The standard InChI is InChI=1S/C16H32N2O3.ClH/c1-10(2)8-12(17)14(19)18-13(9-11(3)4)15(20)21-16(5,6)7;/h10-13H,8-9,17H2,1-7H3,(H,18,19);1H. The van der Waals surface area contributed by atoms with Crippen molar-refractivity contribution < 1.29 is 14.3 Å². The maximum Gasteiger partial charge on any atom is 0.329 e.